The lowest BCUT2D eigenvalue weighted by Gasteiger charge is -2.25. The first kappa shape index (κ1) is 25.7. The van der Waals surface area contributed by atoms with Crippen molar-refractivity contribution in [3.63, 3.8) is 0 Å². The molecule has 0 N–H and O–H groups in total. The van der Waals surface area contributed by atoms with Crippen LogP contribution in [0.4, 0.5) is 0 Å². The van der Waals surface area contributed by atoms with E-state index < -0.39 is 0 Å². The fourth-order valence-corrected chi connectivity index (χ4v) is 6.09. The summed E-state index contributed by atoms with van der Waals surface area (Å²) in [6, 6.07) is 29.5. The summed E-state index contributed by atoms with van der Waals surface area (Å²) >= 11 is 7.88. The quantitative estimate of drug-likeness (QED) is 0.217. The lowest BCUT2D eigenvalue weighted by atomic mass is 9.88. The summed E-state index contributed by atoms with van der Waals surface area (Å²) in [6.07, 6.45) is 3.14. The summed E-state index contributed by atoms with van der Waals surface area (Å²) in [6.45, 7) is 4.03. The maximum Gasteiger partial charge on any atom is 0.273 e. The number of carbonyl (C=O) groups is 1. The molecule has 0 spiro atoms. The van der Waals surface area contributed by atoms with E-state index in [1.807, 2.05) is 28.5 Å². The highest BCUT2D eigenvalue weighted by Crippen LogP contribution is 2.29. The third kappa shape index (κ3) is 6.86. The number of nitrogens with zero attached hydrogens (tertiary/aromatic N) is 3. The van der Waals surface area contributed by atoms with Crippen LogP contribution in [0.2, 0.25) is 5.02 Å². The summed E-state index contributed by atoms with van der Waals surface area (Å²) in [7, 11) is 0. The number of benzene rings is 3. The molecule has 1 amide bonds. The molecule has 6 heteroatoms. The summed E-state index contributed by atoms with van der Waals surface area (Å²) in [4.78, 5) is 21.9. The first-order valence-electron chi connectivity index (χ1n) is 13.0. The van der Waals surface area contributed by atoms with E-state index in [0.29, 0.717) is 18.2 Å². The molecule has 0 unspecified atom stereocenters. The van der Waals surface area contributed by atoms with Gasteiger partial charge in [-0.1, -0.05) is 84.4 Å². The maximum absolute atomic E-state index is 12.8. The van der Waals surface area contributed by atoms with E-state index in [9.17, 15) is 4.79 Å². The number of amides is 1. The first-order chi connectivity index (χ1) is 18.2. The molecule has 2 heterocycles. The standard InChI is InChI=1S/C31H32ClN3OS/c32-27-15-9-10-24(20-27)21-34(22-30-33-29(23-37-30)31(36)35-17-7-8-18-35)19-16-28(25-11-3-1-4-12-25)26-13-5-2-6-14-26/h1-6,9-15,20,23,28H,7-8,16-19,21-22H2. The van der Waals surface area contributed by atoms with Crippen molar-refractivity contribution < 1.29 is 4.79 Å². The molecule has 4 nitrogen and oxygen atoms in total. The maximum atomic E-state index is 12.8. The fraction of sp³-hybridized carbons (Fsp3) is 0.290. The highest BCUT2D eigenvalue weighted by Gasteiger charge is 2.23. The fourth-order valence-electron chi connectivity index (χ4n) is 5.07. The lowest BCUT2D eigenvalue weighted by molar-refractivity contribution is 0.0787. The van der Waals surface area contributed by atoms with Crippen molar-refractivity contribution in [2.45, 2.75) is 38.3 Å². The summed E-state index contributed by atoms with van der Waals surface area (Å²) in [5, 5.41) is 3.64. The number of likely N-dealkylation sites (tertiary alicyclic amines) is 1. The molecule has 0 saturated carbocycles. The zero-order chi connectivity index (χ0) is 25.5. The molecule has 0 atom stereocenters. The second kappa shape index (κ2) is 12.5. The molecular formula is C31H32ClN3OS. The van der Waals surface area contributed by atoms with E-state index in [1.54, 1.807) is 11.3 Å². The summed E-state index contributed by atoms with van der Waals surface area (Å²) < 4.78 is 0. The van der Waals surface area contributed by atoms with Crippen molar-refractivity contribution in [3.8, 4) is 0 Å². The summed E-state index contributed by atoms with van der Waals surface area (Å²) in [5.74, 6) is 0.363. The van der Waals surface area contributed by atoms with Crippen LogP contribution in [-0.2, 0) is 13.1 Å². The van der Waals surface area contributed by atoms with Crippen molar-refractivity contribution in [2.24, 2.45) is 0 Å². The van der Waals surface area contributed by atoms with E-state index in [4.69, 9.17) is 16.6 Å². The van der Waals surface area contributed by atoms with Crippen LogP contribution in [0.5, 0.6) is 0 Å². The van der Waals surface area contributed by atoms with E-state index in [-0.39, 0.29) is 5.91 Å². The van der Waals surface area contributed by atoms with Crippen LogP contribution < -0.4 is 0 Å². The minimum absolute atomic E-state index is 0.0645. The molecule has 0 aliphatic carbocycles. The second-order valence-corrected chi connectivity index (χ2v) is 11.0. The topological polar surface area (TPSA) is 36.4 Å². The Kier molecular flexibility index (Phi) is 8.67. The summed E-state index contributed by atoms with van der Waals surface area (Å²) in [5.41, 5.74) is 4.40. The van der Waals surface area contributed by atoms with Gasteiger partial charge in [0.25, 0.3) is 5.91 Å². The largest absolute Gasteiger partial charge is 0.337 e. The number of aromatic nitrogens is 1. The number of hydrogen-bond donors (Lipinski definition) is 0. The lowest BCUT2D eigenvalue weighted by Crippen LogP contribution is -2.28. The van der Waals surface area contributed by atoms with Gasteiger partial charge in [0.05, 0.1) is 6.54 Å². The van der Waals surface area contributed by atoms with Crippen molar-refractivity contribution in [1.82, 2.24) is 14.8 Å². The van der Waals surface area contributed by atoms with Crippen LogP contribution in [0.15, 0.2) is 90.3 Å². The number of hydrogen-bond acceptors (Lipinski definition) is 4. The Morgan fingerprint density at radius 1 is 0.919 bits per heavy atom. The van der Waals surface area contributed by atoms with E-state index in [2.05, 4.69) is 71.6 Å². The third-order valence-corrected chi connectivity index (χ3v) is 8.02. The smallest absolute Gasteiger partial charge is 0.273 e. The third-order valence-electron chi connectivity index (χ3n) is 6.96. The van der Waals surface area contributed by atoms with Crippen molar-refractivity contribution in [3.05, 3.63) is 123 Å². The Hall–Kier alpha value is -2.99. The van der Waals surface area contributed by atoms with Gasteiger partial charge in [-0.2, -0.15) is 0 Å². The molecule has 190 valence electrons. The molecule has 0 bridgehead atoms. The van der Waals surface area contributed by atoms with Crippen LogP contribution in [0.25, 0.3) is 0 Å². The number of rotatable bonds is 10. The Morgan fingerprint density at radius 3 is 2.24 bits per heavy atom. The van der Waals surface area contributed by atoms with Gasteiger partial charge in [0.2, 0.25) is 0 Å². The van der Waals surface area contributed by atoms with Crippen LogP contribution in [0, 0.1) is 0 Å². The molecule has 1 aliphatic heterocycles. The Labute approximate surface area is 228 Å². The van der Waals surface area contributed by atoms with E-state index >= 15 is 0 Å². The van der Waals surface area contributed by atoms with Gasteiger partial charge in [-0.25, -0.2) is 4.98 Å². The number of halogens is 1. The van der Waals surface area contributed by atoms with Crippen molar-refractivity contribution >= 4 is 28.8 Å². The first-order valence-corrected chi connectivity index (χ1v) is 14.2. The minimum atomic E-state index is 0.0645. The van der Waals surface area contributed by atoms with Gasteiger partial charge in [0.15, 0.2) is 0 Å². The SMILES string of the molecule is O=C(c1csc(CN(CCC(c2ccccc2)c2ccccc2)Cc2cccc(Cl)c2)n1)N1CCCC1. The van der Waals surface area contributed by atoms with Gasteiger partial charge in [0, 0.05) is 36.0 Å². The molecule has 3 aromatic carbocycles. The average molecular weight is 530 g/mol. The number of carbonyl (C=O) groups excluding carboxylic acids is 1. The van der Waals surface area contributed by atoms with Crippen LogP contribution in [0.3, 0.4) is 0 Å². The Morgan fingerprint density at radius 2 is 1.59 bits per heavy atom. The van der Waals surface area contributed by atoms with Crippen LogP contribution in [0.1, 0.15) is 57.4 Å². The van der Waals surface area contributed by atoms with Gasteiger partial charge in [-0.05, 0) is 54.6 Å². The number of thiazole rings is 1. The van der Waals surface area contributed by atoms with Gasteiger partial charge in [0.1, 0.15) is 10.7 Å². The van der Waals surface area contributed by atoms with E-state index in [1.165, 1.54) is 16.7 Å². The molecule has 1 aromatic heterocycles. The highest BCUT2D eigenvalue weighted by atomic mass is 35.5. The van der Waals surface area contributed by atoms with Gasteiger partial charge < -0.3 is 4.90 Å². The predicted octanol–water partition coefficient (Wildman–Crippen LogP) is 7.26. The predicted molar refractivity (Wildman–Crippen MR) is 152 cm³/mol. The van der Waals surface area contributed by atoms with Gasteiger partial charge in [-0.3, -0.25) is 9.69 Å². The van der Waals surface area contributed by atoms with Crippen molar-refractivity contribution in [2.75, 3.05) is 19.6 Å². The highest BCUT2D eigenvalue weighted by molar-refractivity contribution is 7.09. The monoisotopic (exact) mass is 529 g/mol. The van der Waals surface area contributed by atoms with Crippen molar-refractivity contribution in [1.29, 1.82) is 0 Å². The molecule has 4 aromatic rings. The Balaban J connectivity index is 1.35. The molecular weight excluding hydrogens is 498 g/mol. The van der Waals surface area contributed by atoms with Gasteiger partial charge >= 0.3 is 0 Å². The molecule has 5 rings (SSSR count). The zero-order valence-electron chi connectivity index (χ0n) is 20.9. The zero-order valence-corrected chi connectivity index (χ0v) is 22.5. The average Bonchev–Trinajstić information content (AvgIpc) is 3.63. The van der Waals surface area contributed by atoms with Crippen LogP contribution in [-0.4, -0.2) is 40.3 Å². The molecule has 1 fully saturated rings. The van der Waals surface area contributed by atoms with Crippen LogP contribution >= 0.6 is 22.9 Å². The molecule has 37 heavy (non-hydrogen) atoms. The molecule has 0 radical (unpaired) electrons. The van der Waals surface area contributed by atoms with Gasteiger partial charge in [-0.15, -0.1) is 11.3 Å². The Bertz CT molecular complexity index is 1250. The second-order valence-electron chi connectivity index (χ2n) is 9.63. The molecule has 1 saturated heterocycles. The van der Waals surface area contributed by atoms with E-state index in [0.717, 1.165) is 55.5 Å². The molecule has 1 aliphatic rings. The normalized spacial score (nSPS) is 13.5. The minimum Gasteiger partial charge on any atom is -0.337 e.